The maximum atomic E-state index is 13.7. The molecule has 3 aromatic carbocycles. The third-order valence-electron chi connectivity index (χ3n) is 5.78. The Kier molecular flexibility index (Phi) is 5.66. The molecule has 0 fully saturated rings. The van der Waals surface area contributed by atoms with E-state index in [-0.39, 0.29) is 17.3 Å². The Morgan fingerprint density at radius 1 is 1.09 bits per heavy atom. The summed E-state index contributed by atoms with van der Waals surface area (Å²) in [7, 11) is -3.88. The summed E-state index contributed by atoms with van der Waals surface area (Å²) in [4.78, 5) is 10.8. The molecule has 33 heavy (non-hydrogen) atoms. The van der Waals surface area contributed by atoms with Gasteiger partial charge >= 0.3 is 5.97 Å². The van der Waals surface area contributed by atoms with Crippen molar-refractivity contribution in [2.45, 2.75) is 31.1 Å². The molecule has 0 bridgehead atoms. The van der Waals surface area contributed by atoms with Crippen LogP contribution in [0, 0.1) is 12.7 Å². The molecule has 8 heteroatoms. The summed E-state index contributed by atoms with van der Waals surface area (Å²) < 4.78 is 47.4. The predicted molar refractivity (Wildman–Crippen MR) is 124 cm³/mol. The van der Waals surface area contributed by atoms with Crippen LogP contribution < -0.4 is 9.04 Å². The number of fused-ring (bicyclic) bond motifs is 1. The van der Waals surface area contributed by atoms with Crippen LogP contribution in [0.25, 0.3) is 11.1 Å². The van der Waals surface area contributed by atoms with Gasteiger partial charge in [0.15, 0.2) is 6.61 Å². The van der Waals surface area contributed by atoms with E-state index in [0.717, 1.165) is 16.7 Å². The van der Waals surface area contributed by atoms with Crippen LogP contribution in [-0.4, -0.2) is 32.6 Å². The van der Waals surface area contributed by atoms with Gasteiger partial charge in [-0.1, -0.05) is 32.0 Å². The quantitative estimate of drug-likeness (QED) is 0.563. The number of rotatable bonds is 6. The Hall–Kier alpha value is -3.39. The van der Waals surface area contributed by atoms with E-state index < -0.39 is 28.0 Å². The van der Waals surface area contributed by atoms with Gasteiger partial charge in [-0.05, 0) is 71.6 Å². The number of ether oxygens (including phenoxy) is 1. The molecular weight excluding hydrogens is 445 g/mol. The molecule has 0 spiro atoms. The van der Waals surface area contributed by atoms with Gasteiger partial charge in [-0.25, -0.2) is 17.6 Å². The molecule has 3 aromatic rings. The number of hydrogen-bond donors (Lipinski definition) is 1. The standard InChI is InChI=1S/C25H24FNO5S/c1-16-11-20(8-10-23(16)32-14-24(28)29)33(30,31)27-15-25(2,3)21-13-18(7-9-22(21)27)17-5-4-6-19(26)12-17/h4-13H,14-15H2,1-3H3,(H,28,29). The normalized spacial score (nSPS) is 14.7. The summed E-state index contributed by atoms with van der Waals surface area (Å²) in [5.41, 5.74) is 3.07. The minimum Gasteiger partial charge on any atom is -0.482 e. The second-order valence-corrected chi connectivity index (χ2v) is 10.6. The van der Waals surface area contributed by atoms with Gasteiger partial charge in [0.05, 0.1) is 10.6 Å². The SMILES string of the molecule is Cc1cc(S(=O)(=O)N2CC(C)(C)c3cc(-c4cccc(F)c4)ccc32)ccc1OCC(=O)O. The fraction of sp³-hybridized carbons (Fsp3) is 0.240. The number of carboxylic acid groups (broad SMARTS) is 1. The molecule has 0 saturated heterocycles. The third kappa shape index (κ3) is 4.30. The molecule has 1 aliphatic heterocycles. The number of hydrogen-bond acceptors (Lipinski definition) is 4. The molecule has 0 aliphatic carbocycles. The predicted octanol–water partition coefficient (Wildman–Crippen LogP) is 4.75. The number of aryl methyl sites for hydroxylation is 1. The molecule has 0 aromatic heterocycles. The largest absolute Gasteiger partial charge is 0.482 e. The molecule has 172 valence electrons. The lowest BCUT2D eigenvalue weighted by Gasteiger charge is -2.22. The molecule has 1 N–H and O–H groups in total. The van der Waals surface area contributed by atoms with E-state index in [2.05, 4.69) is 0 Å². The Balaban J connectivity index is 1.71. The van der Waals surface area contributed by atoms with E-state index in [1.54, 1.807) is 25.1 Å². The Bertz CT molecular complexity index is 1350. The number of carboxylic acids is 1. The first-order chi connectivity index (χ1) is 15.5. The second kappa shape index (κ2) is 8.19. The lowest BCUT2D eigenvalue weighted by atomic mass is 9.85. The zero-order valence-electron chi connectivity index (χ0n) is 18.5. The molecule has 6 nitrogen and oxygen atoms in total. The Morgan fingerprint density at radius 3 is 2.48 bits per heavy atom. The summed E-state index contributed by atoms with van der Waals surface area (Å²) in [5.74, 6) is -1.12. The van der Waals surface area contributed by atoms with Crippen molar-refractivity contribution in [2.24, 2.45) is 0 Å². The van der Waals surface area contributed by atoms with Crippen LogP contribution in [0.5, 0.6) is 5.75 Å². The van der Waals surface area contributed by atoms with Crippen molar-refractivity contribution in [3.63, 3.8) is 0 Å². The first-order valence-corrected chi connectivity index (χ1v) is 11.8. The summed E-state index contributed by atoms with van der Waals surface area (Å²) in [6, 6.07) is 16.2. The van der Waals surface area contributed by atoms with E-state index in [4.69, 9.17) is 9.84 Å². The van der Waals surface area contributed by atoms with Crippen molar-refractivity contribution in [1.29, 1.82) is 0 Å². The highest BCUT2D eigenvalue weighted by molar-refractivity contribution is 7.92. The number of halogens is 1. The number of anilines is 1. The van der Waals surface area contributed by atoms with Gasteiger partial charge in [0.1, 0.15) is 11.6 Å². The van der Waals surface area contributed by atoms with Crippen molar-refractivity contribution in [1.82, 2.24) is 0 Å². The van der Waals surface area contributed by atoms with E-state index in [0.29, 0.717) is 17.0 Å². The van der Waals surface area contributed by atoms with Crippen LogP contribution in [-0.2, 0) is 20.2 Å². The zero-order chi connectivity index (χ0) is 24.0. The molecule has 1 heterocycles. The highest BCUT2D eigenvalue weighted by atomic mass is 32.2. The van der Waals surface area contributed by atoms with Gasteiger partial charge in [0, 0.05) is 12.0 Å². The molecule has 0 amide bonds. The summed E-state index contributed by atoms with van der Waals surface area (Å²) in [5, 5.41) is 8.79. The highest BCUT2D eigenvalue weighted by Gasteiger charge is 2.41. The molecule has 0 atom stereocenters. The van der Waals surface area contributed by atoms with E-state index >= 15 is 0 Å². The number of aliphatic carboxylic acids is 1. The summed E-state index contributed by atoms with van der Waals surface area (Å²) in [6.45, 7) is 5.38. The van der Waals surface area contributed by atoms with Crippen LogP contribution in [0.15, 0.2) is 65.6 Å². The van der Waals surface area contributed by atoms with Gasteiger partial charge in [0.2, 0.25) is 0 Å². The van der Waals surface area contributed by atoms with Gasteiger partial charge in [-0.2, -0.15) is 0 Å². The van der Waals surface area contributed by atoms with Crippen LogP contribution in [0.1, 0.15) is 25.0 Å². The molecule has 0 radical (unpaired) electrons. The number of sulfonamides is 1. The van der Waals surface area contributed by atoms with Crippen LogP contribution in [0.4, 0.5) is 10.1 Å². The lowest BCUT2D eigenvalue weighted by molar-refractivity contribution is -0.139. The highest BCUT2D eigenvalue weighted by Crippen LogP contribution is 2.45. The molecule has 4 rings (SSSR count). The van der Waals surface area contributed by atoms with Crippen LogP contribution >= 0.6 is 0 Å². The average molecular weight is 470 g/mol. The zero-order valence-corrected chi connectivity index (χ0v) is 19.3. The van der Waals surface area contributed by atoms with E-state index in [1.165, 1.54) is 34.6 Å². The fourth-order valence-corrected chi connectivity index (χ4v) is 5.83. The second-order valence-electron chi connectivity index (χ2n) is 8.75. The Labute approximate surface area is 192 Å². The molecule has 0 unspecified atom stereocenters. The maximum absolute atomic E-state index is 13.7. The minimum absolute atomic E-state index is 0.0977. The number of carbonyl (C=O) groups is 1. The molecule has 0 saturated carbocycles. The fourth-order valence-electron chi connectivity index (χ4n) is 4.10. The van der Waals surface area contributed by atoms with Gasteiger partial charge in [0.25, 0.3) is 10.0 Å². The summed E-state index contributed by atoms with van der Waals surface area (Å²) >= 11 is 0. The molecular formula is C25H24FNO5S. The Morgan fingerprint density at radius 2 is 1.82 bits per heavy atom. The van der Waals surface area contributed by atoms with E-state index in [9.17, 15) is 17.6 Å². The monoisotopic (exact) mass is 469 g/mol. The van der Waals surface area contributed by atoms with Gasteiger partial charge in [-0.15, -0.1) is 0 Å². The van der Waals surface area contributed by atoms with E-state index in [1.807, 2.05) is 26.0 Å². The smallest absolute Gasteiger partial charge is 0.341 e. The first kappa shape index (κ1) is 22.8. The van der Waals surface area contributed by atoms with Gasteiger partial charge < -0.3 is 9.84 Å². The maximum Gasteiger partial charge on any atom is 0.341 e. The molecule has 1 aliphatic rings. The van der Waals surface area contributed by atoms with Crippen molar-refractivity contribution in [3.05, 3.63) is 77.6 Å². The average Bonchev–Trinajstić information content (AvgIpc) is 3.04. The lowest BCUT2D eigenvalue weighted by Crippen LogP contribution is -2.34. The van der Waals surface area contributed by atoms with Gasteiger partial charge in [-0.3, -0.25) is 4.31 Å². The van der Waals surface area contributed by atoms with Crippen molar-refractivity contribution < 1.29 is 27.4 Å². The van der Waals surface area contributed by atoms with Crippen molar-refractivity contribution >= 4 is 21.7 Å². The van der Waals surface area contributed by atoms with Crippen molar-refractivity contribution in [2.75, 3.05) is 17.5 Å². The topological polar surface area (TPSA) is 83.9 Å². The van der Waals surface area contributed by atoms with Crippen LogP contribution in [0.2, 0.25) is 0 Å². The van der Waals surface area contributed by atoms with Crippen LogP contribution in [0.3, 0.4) is 0 Å². The van der Waals surface area contributed by atoms with Crippen molar-refractivity contribution in [3.8, 4) is 16.9 Å². The summed E-state index contributed by atoms with van der Waals surface area (Å²) in [6.07, 6.45) is 0. The number of benzene rings is 3. The first-order valence-electron chi connectivity index (χ1n) is 10.4. The number of nitrogens with zero attached hydrogens (tertiary/aromatic N) is 1. The minimum atomic E-state index is -3.88. The third-order valence-corrected chi connectivity index (χ3v) is 7.53.